The number of anilines is 1. The van der Waals surface area contributed by atoms with E-state index in [1.54, 1.807) is 6.20 Å². The van der Waals surface area contributed by atoms with Crippen LogP contribution in [0.2, 0.25) is 0 Å². The number of aromatic nitrogens is 1. The molecular formula is C12H19N3O. The first-order valence-electron chi connectivity index (χ1n) is 5.82. The highest BCUT2D eigenvalue weighted by Crippen LogP contribution is 2.12. The van der Waals surface area contributed by atoms with Gasteiger partial charge < -0.3 is 10.5 Å². The lowest BCUT2D eigenvalue weighted by Crippen LogP contribution is -2.41. The predicted octanol–water partition coefficient (Wildman–Crippen LogP) is 1.27. The van der Waals surface area contributed by atoms with Crippen LogP contribution in [0.15, 0.2) is 18.3 Å². The van der Waals surface area contributed by atoms with Crippen molar-refractivity contribution < 1.29 is 4.74 Å². The van der Waals surface area contributed by atoms with Gasteiger partial charge in [-0.2, -0.15) is 0 Å². The van der Waals surface area contributed by atoms with E-state index in [9.17, 15) is 0 Å². The van der Waals surface area contributed by atoms with Crippen LogP contribution in [0, 0.1) is 0 Å². The molecule has 1 aromatic rings. The zero-order chi connectivity index (χ0) is 11.4. The summed E-state index contributed by atoms with van der Waals surface area (Å²) in [5.41, 5.74) is 6.89. The van der Waals surface area contributed by atoms with Gasteiger partial charge in [0.15, 0.2) is 0 Å². The Balaban J connectivity index is 1.94. The monoisotopic (exact) mass is 221 g/mol. The number of hydrogen-bond acceptors (Lipinski definition) is 4. The highest BCUT2D eigenvalue weighted by molar-refractivity contribution is 5.31. The molecular weight excluding hydrogens is 202 g/mol. The van der Waals surface area contributed by atoms with Gasteiger partial charge in [-0.1, -0.05) is 6.92 Å². The summed E-state index contributed by atoms with van der Waals surface area (Å²) < 4.78 is 5.64. The number of nitrogens with zero attached hydrogens (tertiary/aromatic N) is 2. The molecule has 0 bridgehead atoms. The number of morpholine rings is 1. The molecule has 16 heavy (non-hydrogen) atoms. The van der Waals surface area contributed by atoms with E-state index in [2.05, 4.69) is 16.8 Å². The highest BCUT2D eigenvalue weighted by Gasteiger charge is 2.18. The van der Waals surface area contributed by atoms with Crippen molar-refractivity contribution in [2.45, 2.75) is 26.0 Å². The van der Waals surface area contributed by atoms with Gasteiger partial charge >= 0.3 is 0 Å². The molecule has 2 N–H and O–H groups in total. The third-order valence-electron chi connectivity index (χ3n) is 2.93. The Hall–Kier alpha value is -1.13. The van der Waals surface area contributed by atoms with Gasteiger partial charge in [-0.15, -0.1) is 0 Å². The van der Waals surface area contributed by atoms with Gasteiger partial charge in [0.05, 0.1) is 12.7 Å². The molecule has 0 radical (unpaired) electrons. The summed E-state index contributed by atoms with van der Waals surface area (Å²) in [7, 11) is 0. The maximum Gasteiger partial charge on any atom is 0.123 e. The zero-order valence-corrected chi connectivity index (χ0v) is 9.72. The number of pyridine rings is 1. The first-order chi connectivity index (χ1) is 7.78. The summed E-state index contributed by atoms with van der Waals surface area (Å²) in [6.45, 7) is 5.95. The van der Waals surface area contributed by atoms with Gasteiger partial charge in [0, 0.05) is 25.8 Å². The molecule has 0 unspecified atom stereocenters. The Morgan fingerprint density at radius 2 is 2.50 bits per heavy atom. The molecule has 0 amide bonds. The molecule has 4 heteroatoms. The minimum atomic E-state index is 0.382. The minimum Gasteiger partial charge on any atom is -0.384 e. The van der Waals surface area contributed by atoms with Gasteiger partial charge in [-0.05, 0) is 24.1 Å². The molecule has 1 atom stereocenters. The summed E-state index contributed by atoms with van der Waals surface area (Å²) in [6, 6.07) is 3.96. The predicted molar refractivity (Wildman–Crippen MR) is 64.0 cm³/mol. The summed E-state index contributed by atoms with van der Waals surface area (Å²) in [5.74, 6) is 0.595. The number of nitrogens with two attached hydrogens (primary N) is 1. The first-order valence-corrected chi connectivity index (χ1v) is 5.82. The van der Waals surface area contributed by atoms with Crippen LogP contribution in [-0.2, 0) is 11.3 Å². The van der Waals surface area contributed by atoms with Crippen molar-refractivity contribution >= 4 is 5.82 Å². The molecule has 2 heterocycles. The molecule has 0 aliphatic carbocycles. The number of ether oxygens (including phenoxy) is 1. The average Bonchev–Trinajstić information content (AvgIpc) is 2.29. The third kappa shape index (κ3) is 2.93. The van der Waals surface area contributed by atoms with Crippen LogP contribution in [0.25, 0.3) is 0 Å². The standard InChI is InChI=1S/C12H19N3O/c1-2-11-9-15(5-6-16-11)8-10-3-4-14-12(13)7-10/h3-4,7,11H,2,5-6,8-9H2,1H3,(H2,13,14)/t11-/m1/s1. The second-order valence-electron chi connectivity index (χ2n) is 4.23. The minimum absolute atomic E-state index is 0.382. The van der Waals surface area contributed by atoms with E-state index >= 15 is 0 Å². The smallest absolute Gasteiger partial charge is 0.123 e. The van der Waals surface area contributed by atoms with Crippen LogP contribution in [-0.4, -0.2) is 35.7 Å². The number of hydrogen-bond donors (Lipinski definition) is 1. The van der Waals surface area contributed by atoms with Crippen molar-refractivity contribution in [2.24, 2.45) is 0 Å². The van der Waals surface area contributed by atoms with E-state index in [0.29, 0.717) is 11.9 Å². The van der Waals surface area contributed by atoms with Gasteiger partial charge in [-0.25, -0.2) is 4.98 Å². The second kappa shape index (κ2) is 5.27. The molecule has 1 aromatic heterocycles. The Labute approximate surface area is 96.4 Å². The lowest BCUT2D eigenvalue weighted by atomic mass is 10.2. The lowest BCUT2D eigenvalue weighted by molar-refractivity contribution is -0.0324. The van der Waals surface area contributed by atoms with Crippen molar-refractivity contribution in [3.63, 3.8) is 0 Å². The summed E-state index contributed by atoms with van der Waals surface area (Å²) in [4.78, 5) is 6.41. The van der Waals surface area contributed by atoms with Crippen LogP contribution in [0.5, 0.6) is 0 Å². The van der Waals surface area contributed by atoms with E-state index < -0.39 is 0 Å². The van der Waals surface area contributed by atoms with Crippen LogP contribution < -0.4 is 5.73 Å². The maximum absolute atomic E-state index is 5.66. The fourth-order valence-electron chi connectivity index (χ4n) is 2.02. The molecule has 1 aliphatic rings. The van der Waals surface area contributed by atoms with E-state index in [4.69, 9.17) is 10.5 Å². The SMILES string of the molecule is CC[C@@H]1CN(Cc2ccnc(N)c2)CCO1. The number of nitrogen functional groups attached to an aromatic ring is 1. The van der Waals surface area contributed by atoms with Gasteiger partial charge in [0.2, 0.25) is 0 Å². The van der Waals surface area contributed by atoms with E-state index in [1.807, 2.05) is 12.1 Å². The van der Waals surface area contributed by atoms with Crippen LogP contribution in [0.4, 0.5) is 5.82 Å². The first kappa shape index (κ1) is 11.4. The normalized spacial score (nSPS) is 22.2. The van der Waals surface area contributed by atoms with Crippen molar-refractivity contribution in [1.29, 1.82) is 0 Å². The molecule has 88 valence electrons. The largest absolute Gasteiger partial charge is 0.384 e. The van der Waals surface area contributed by atoms with E-state index in [0.717, 1.165) is 32.7 Å². The Kier molecular flexibility index (Phi) is 3.74. The molecule has 1 fully saturated rings. The fraction of sp³-hybridized carbons (Fsp3) is 0.583. The van der Waals surface area contributed by atoms with Crippen LogP contribution in [0.1, 0.15) is 18.9 Å². The maximum atomic E-state index is 5.66. The lowest BCUT2D eigenvalue weighted by Gasteiger charge is -2.32. The third-order valence-corrected chi connectivity index (χ3v) is 2.93. The molecule has 0 saturated carbocycles. The van der Waals surface area contributed by atoms with Gasteiger partial charge in [0.25, 0.3) is 0 Å². The van der Waals surface area contributed by atoms with Crippen molar-refractivity contribution in [3.8, 4) is 0 Å². The molecule has 4 nitrogen and oxygen atoms in total. The molecule has 0 aromatic carbocycles. The van der Waals surface area contributed by atoms with E-state index in [-0.39, 0.29) is 0 Å². The van der Waals surface area contributed by atoms with E-state index in [1.165, 1.54) is 5.56 Å². The second-order valence-corrected chi connectivity index (χ2v) is 4.23. The van der Waals surface area contributed by atoms with Crippen molar-refractivity contribution in [2.75, 3.05) is 25.4 Å². The van der Waals surface area contributed by atoms with Crippen LogP contribution >= 0.6 is 0 Å². The zero-order valence-electron chi connectivity index (χ0n) is 9.72. The van der Waals surface area contributed by atoms with Crippen LogP contribution in [0.3, 0.4) is 0 Å². The Morgan fingerprint density at radius 1 is 1.62 bits per heavy atom. The fourth-order valence-corrected chi connectivity index (χ4v) is 2.02. The number of rotatable bonds is 3. The van der Waals surface area contributed by atoms with Crippen molar-refractivity contribution in [1.82, 2.24) is 9.88 Å². The van der Waals surface area contributed by atoms with Crippen molar-refractivity contribution in [3.05, 3.63) is 23.9 Å². The Morgan fingerprint density at radius 3 is 3.25 bits per heavy atom. The molecule has 0 spiro atoms. The molecule has 1 aliphatic heterocycles. The van der Waals surface area contributed by atoms with Gasteiger partial charge in [-0.3, -0.25) is 4.90 Å². The molecule has 2 rings (SSSR count). The summed E-state index contributed by atoms with van der Waals surface area (Å²) in [6.07, 6.45) is 3.23. The Bertz CT molecular complexity index is 343. The quantitative estimate of drug-likeness (QED) is 0.835. The summed E-state index contributed by atoms with van der Waals surface area (Å²) >= 11 is 0. The molecule has 1 saturated heterocycles. The van der Waals surface area contributed by atoms with Gasteiger partial charge in [0.1, 0.15) is 5.82 Å². The summed E-state index contributed by atoms with van der Waals surface area (Å²) in [5, 5.41) is 0. The topological polar surface area (TPSA) is 51.4 Å². The highest BCUT2D eigenvalue weighted by atomic mass is 16.5. The average molecular weight is 221 g/mol.